The number of rotatable bonds is 10. The van der Waals surface area contributed by atoms with Crippen LogP contribution in [0.5, 0.6) is 0 Å². The van der Waals surface area contributed by atoms with E-state index in [-0.39, 0.29) is 13.0 Å². The van der Waals surface area contributed by atoms with Gasteiger partial charge >= 0.3 is 5.97 Å². The van der Waals surface area contributed by atoms with Crippen LogP contribution in [-0.4, -0.2) is 55.3 Å². The quantitative estimate of drug-likeness (QED) is 0.261. The molecule has 0 aromatic heterocycles. The summed E-state index contributed by atoms with van der Waals surface area (Å²) in [5.74, 6) is -0.210. The molecule has 138 valence electrons. The van der Waals surface area contributed by atoms with Gasteiger partial charge < -0.3 is 4.74 Å². The molecule has 0 heterocycles. The van der Waals surface area contributed by atoms with Gasteiger partial charge in [0.05, 0.1) is 12.0 Å². The fraction of sp³-hybridized carbons (Fsp3) is 0.400. The van der Waals surface area contributed by atoms with E-state index in [1.54, 1.807) is 0 Å². The van der Waals surface area contributed by atoms with E-state index >= 15 is 0 Å². The summed E-state index contributed by atoms with van der Waals surface area (Å²) in [6.45, 7) is 3.34. The topological polar surface area (TPSA) is 107 Å². The number of hydrogen-bond acceptors (Lipinski definition) is 7. The minimum Gasteiger partial charge on any atom is -0.468 e. The van der Waals surface area contributed by atoms with Gasteiger partial charge in [-0.05, 0) is 24.5 Å². The number of ether oxygens (including phenoxy) is 1. The van der Waals surface area contributed by atoms with Gasteiger partial charge in [-0.25, -0.2) is 8.42 Å². The molecule has 0 unspecified atom stereocenters. The van der Waals surface area contributed by atoms with Gasteiger partial charge in [0.25, 0.3) is 15.7 Å². The van der Waals surface area contributed by atoms with E-state index in [9.17, 15) is 23.3 Å². The largest absolute Gasteiger partial charge is 0.468 e. The summed E-state index contributed by atoms with van der Waals surface area (Å²) in [6, 6.07) is 3.92. The zero-order valence-electron chi connectivity index (χ0n) is 14.0. The van der Waals surface area contributed by atoms with Crippen molar-refractivity contribution in [3.63, 3.8) is 0 Å². The summed E-state index contributed by atoms with van der Waals surface area (Å²) in [5.41, 5.74) is -0.551. The second kappa shape index (κ2) is 9.54. The highest BCUT2D eigenvalue weighted by molar-refractivity contribution is 7.98. The fourth-order valence-electron chi connectivity index (χ4n) is 2.22. The van der Waals surface area contributed by atoms with Crippen molar-refractivity contribution in [1.29, 1.82) is 0 Å². The van der Waals surface area contributed by atoms with Gasteiger partial charge in [-0.3, -0.25) is 14.9 Å². The zero-order chi connectivity index (χ0) is 19.0. The molecule has 0 radical (unpaired) electrons. The Morgan fingerprint density at radius 1 is 1.48 bits per heavy atom. The van der Waals surface area contributed by atoms with Crippen LogP contribution in [0, 0.1) is 10.1 Å². The van der Waals surface area contributed by atoms with Crippen molar-refractivity contribution in [3.05, 3.63) is 47.0 Å². The third kappa shape index (κ3) is 5.03. The van der Waals surface area contributed by atoms with Crippen molar-refractivity contribution < 1.29 is 22.9 Å². The van der Waals surface area contributed by atoms with E-state index in [4.69, 9.17) is 4.74 Å². The van der Waals surface area contributed by atoms with Crippen LogP contribution in [0.2, 0.25) is 0 Å². The molecule has 0 saturated carbocycles. The summed E-state index contributed by atoms with van der Waals surface area (Å²) in [5, 5.41) is 11.2. The van der Waals surface area contributed by atoms with Crippen LogP contribution in [0.4, 0.5) is 5.69 Å². The molecule has 1 atom stereocenters. The van der Waals surface area contributed by atoms with Crippen molar-refractivity contribution in [3.8, 4) is 0 Å². The van der Waals surface area contributed by atoms with Gasteiger partial charge in [0, 0.05) is 12.6 Å². The van der Waals surface area contributed by atoms with Crippen molar-refractivity contribution in [2.45, 2.75) is 17.4 Å². The molecule has 1 aromatic carbocycles. The summed E-state index contributed by atoms with van der Waals surface area (Å²) in [7, 11) is -3.15. The molecule has 0 spiro atoms. The lowest BCUT2D eigenvalue weighted by Gasteiger charge is -2.27. The highest BCUT2D eigenvalue weighted by Gasteiger charge is 2.38. The molecule has 0 bridgehead atoms. The number of carbonyl (C=O) groups is 1. The summed E-state index contributed by atoms with van der Waals surface area (Å²) in [6.07, 6.45) is 3.35. The Kier molecular flexibility index (Phi) is 8.07. The van der Waals surface area contributed by atoms with Crippen molar-refractivity contribution in [1.82, 2.24) is 4.31 Å². The van der Waals surface area contributed by atoms with Gasteiger partial charge in [-0.2, -0.15) is 16.1 Å². The van der Waals surface area contributed by atoms with Gasteiger partial charge in [-0.1, -0.05) is 18.2 Å². The lowest BCUT2D eigenvalue weighted by atomic mass is 10.2. The number of carbonyl (C=O) groups excluding carboxylic acids is 1. The minimum atomic E-state index is -4.31. The third-order valence-electron chi connectivity index (χ3n) is 3.37. The second-order valence-electron chi connectivity index (χ2n) is 4.91. The maximum absolute atomic E-state index is 13.0. The van der Waals surface area contributed by atoms with Crippen LogP contribution in [-0.2, 0) is 19.6 Å². The Balaban J connectivity index is 3.47. The normalized spacial score (nSPS) is 12.6. The minimum absolute atomic E-state index is 0.178. The monoisotopic (exact) mass is 388 g/mol. The number of nitro groups is 1. The maximum Gasteiger partial charge on any atom is 0.324 e. The number of para-hydroxylation sites is 1. The Morgan fingerprint density at radius 3 is 2.64 bits per heavy atom. The first kappa shape index (κ1) is 21.1. The predicted molar refractivity (Wildman–Crippen MR) is 96.0 cm³/mol. The lowest BCUT2D eigenvalue weighted by Crippen LogP contribution is -2.46. The number of hydrogen-bond donors (Lipinski definition) is 0. The van der Waals surface area contributed by atoms with Crippen LogP contribution in [0.1, 0.15) is 6.42 Å². The number of nitro benzene ring substituents is 1. The fourth-order valence-corrected chi connectivity index (χ4v) is 4.41. The number of thioether (sulfide) groups is 1. The van der Waals surface area contributed by atoms with E-state index in [0.29, 0.717) is 5.75 Å². The summed E-state index contributed by atoms with van der Waals surface area (Å²) >= 11 is 1.44. The molecule has 0 aliphatic carbocycles. The Hall–Kier alpha value is -1.91. The Bertz CT molecular complexity index is 735. The second-order valence-corrected chi connectivity index (χ2v) is 7.75. The van der Waals surface area contributed by atoms with E-state index in [1.807, 2.05) is 6.26 Å². The molecule has 10 heteroatoms. The van der Waals surface area contributed by atoms with Crippen LogP contribution in [0.3, 0.4) is 0 Å². The molecule has 0 aliphatic heterocycles. The zero-order valence-corrected chi connectivity index (χ0v) is 15.6. The van der Waals surface area contributed by atoms with Crippen molar-refractivity contribution >= 4 is 33.4 Å². The first-order valence-corrected chi connectivity index (χ1v) is 10.1. The Morgan fingerprint density at radius 2 is 2.12 bits per heavy atom. The molecule has 0 N–H and O–H groups in total. The van der Waals surface area contributed by atoms with Gasteiger partial charge in [0.15, 0.2) is 4.90 Å². The number of sulfonamides is 1. The van der Waals surface area contributed by atoms with Crippen LogP contribution >= 0.6 is 11.8 Å². The molecule has 0 aliphatic rings. The van der Waals surface area contributed by atoms with Gasteiger partial charge in [0.1, 0.15) is 6.04 Å². The number of benzene rings is 1. The Labute approximate surface area is 151 Å². The summed E-state index contributed by atoms with van der Waals surface area (Å²) in [4.78, 5) is 22.1. The van der Waals surface area contributed by atoms with Crippen molar-refractivity contribution in [2.75, 3.05) is 25.7 Å². The molecule has 1 rings (SSSR count). The average molecular weight is 388 g/mol. The molecule has 1 aromatic rings. The third-order valence-corrected chi connectivity index (χ3v) is 5.94. The molecule has 8 nitrogen and oxygen atoms in total. The van der Waals surface area contributed by atoms with Crippen LogP contribution in [0.25, 0.3) is 0 Å². The lowest BCUT2D eigenvalue weighted by molar-refractivity contribution is -0.387. The highest BCUT2D eigenvalue weighted by atomic mass is 32.2. The van der Waals surface area contributed by atoms with E-state index < -0.39 is 37.5 Å². The van der Waals surface area contributed by atoms with Crippen LogP contribution in [0.15, 0.2) is 41.8 Å². The van der Waals surface area contributed by atoms with Crippen LogP contribution < -0.4 is 0 Å². The highest BCUT2D eigenvalue weighted by Crippen LogP contribution is 2.28. The maximum atomic E-state index is 13.0. The van der Waals surface area contributed by atoms with Crippen molar-refractivity contribution in [2.24, 2.45) is 0 Å². The number of methoxy groups -OCH3 is 1. The first-order valence-electron chi connectivity index (χ1n) is 7.24. The van der Waals surface area contributed by atoms with E-state index in [2.05, 4.69) is 6.58 Å². The molecular weight excluding hydrogens is 368 g/mol. The smallest absolute Gasteiger partial charge is 0.324 e. The van der Waals surface area contributed by atoms with Gasteiger partial charge in [-0.15, -0.1) is 6.58 Å². The number of esters is 1. The molecular formula is C15H20N2O6S2. The standard InChI is InChI=1S/C15H20N2O6S2/c1-4-10-16(13(9-11-24-3)15(18)23-2)25(21,22)14-8-6-5-7-12(14)17(19)20/h4-8,13H,1,9-11H2,2-3H3/t13-/m0/s1. The molecule has 0 amide bonds. The predicted octanol–water partition coefficient (Wildman–Crippen LogP) is 2.07. The molecule has 25 heavy (non-hydrogen) atoms. The van der Waals surface area contributed by atoms with Gasteiger partial charge in [0.2, 0.25) is 0 Å². The summed E-state index contributed by atoms with van der Waals surface area (Å²) < 4.78 is 31.7. The molecule has 0 saturated heterocycles. The molecule has 0 fully saturated rings. The van der Waals surface area contributed by atoms with E-state index in [1.165, 1.54) is 30.0 Å². The van der Waals surface area contributed by atoms with E-state index in [0.717, 1.165) is 23.5 Å². The SMILES string of the molecule is C=CCN([C@@H](CCSC)C(=O)OC)S(=O)(=O)c1ccccc1[N+](=O)[O-]. The average Bonchev–Trinajstić information content (AvgIpc) is 2.60. The number of nitrogens with zero attached hydrogens (tertiary/aromatic N) is 2. The first-order chi connectivity index (χ1) is 11.8.